The maximum absolute atomic E-state index is 3.35. The van der Waals surface area contributed by atoms with Gasteiger partial charge in [-0.3, -0.25) is 9.80 Å². The van der Waals surface area contributed by atoms with Gasteiger partial charge in [0.2, 0.25) is 0 Å². The average molecular weight is 343 g/mol. The first-order chi connectivity index (χ1) is 10.5. The van der Waals surface area contributed by atoms with Crippen molar-refractivity contribution in [2.75, 3.05) is 53.4 Å². The second-order valence-electron chi connectivity index (χ2n) is 9.18. The summed E-state index contributed by atoms with van der Waals surface area (Å²) in [5.74, 6) is 0. The molecule has 0 amide bonds. The molecule has 2 aliphatic heterocycles. The normalized spacial score (nSPS) is 22.5. The van der Waals surface area contributed by atoms with E-state index in [0.29, 0.717) is 11.1 Å². The summed E-state index contributed by atoms with van der Waals surface area (Å²) < 4.78 is 0. The van der Waals surface area contributed by atoms with E-state index in [1.807, 2.05) is 0 Å². The van der Waals surface area contributed by atoms with Gasteiger partial charge in [-0.1, -0.05) is 7.43 Å². The third-order valence-electron chi connectivity index (χ3n) is 5.30. The highest BCUT2D eigenvalue weighted by Gasteiger charge is 2.26. The molecule has 2 heterocycles. The van der Waals surface area contributed by atoms with E-state index in [2.05, 4.69) is 75.7 Å². The smallest absolute Gasteiger partial charge is 0.0126 e. The molecule has 0 aromatic heterocycles. The summed E-state index contributed by atoms with van der Waals surface area (Å²) in [6.07, 6.45) is 2.60. The zero-order chi connectivity index (χ0) is 17.7. The number of piperazine rings is 1. The van der Waals surface area contributed by atoms with Gasteiger partial charge in [-0.25, -0.2) is 0 Å². The van der Waals surface area contributed by atoms with E-state index in [9.17, 15) is 0 Å². The van der Waals surface area contributed by atoms with Gasteiger partial charge in [0.25, 0.3) is 0 Å². The van der Waals surface area contributed by atoms with E-state index in [4.69, 9.17) is 0 Å². The summed E-state index contributed by atoms with van der Waals surface area (Å²) in [7, 11) is 4.26. The van der Waals surface area contributed by atoms with Crippen molar-refractivity contribution in [2.45, 2.75) is 78.9 Å². The topological polar surface area (TPSA) is 21.8 Å². The lowest BCUT2D eigenvalue weighted by atomic mass is 9.98. The second-order valence-corrected chi connectivity index (χ2v) is 9.18. The van der Waals surface area contributed by atoms with Crippen molar-refractivity contribution in [3.8, 4) is 0 Å². The Morgan fingerprint density at radius 3 is 1.42 bits per heavy atom. The van der Waals surface area contributed by atoms with Crippen molar-refractivity contribution >= 4 is 0 Å². The molecule has 0 aromatic carbocycles. The van der Waals surface area contributed by atoms with Crippen molar-refractivity contribution < 1.29 is 0 Å². The molecule has 0 aliphatic carbocycles. The molecule has 4 heteroatoms. The minimum atomic E-state index is 0. The van der Waals surface area contributed by atoms with E-state index in [-0.39, 0.29) is 7.43 Å². The lowest BCUT2D eigenvalue weighted by molar-refractivity contribution is 0.0735. The lowest BCUT2D eigenvalue weighted by Gasteiger charge is -2.41. The third kappa shape index (κ3) is 8.28. The summed E-state index contributed by atoms with van der Waals surface area (Å²) in [5, 5.41) is 3.35. The van der Waals surface area contributed by atoms with Gasteiger partial charge in [0.1, 0.15) is 0 Å². The molecule has 24 heavy (non-hydrogen) atoms. The van der Waals surface area contributed by atoms with Crippen molar-refractivity contribution in [1.82, 2.24) is 20.0 Å². The standard InChI is InChI=1S/C10H22N2.C9H20N2.CH4/c1-10(2,3)12-7-5-9(11-4)6-8-12;1-9(2,3)11-7-5-10(4)6-8-11;/h9,11H,5-8H2,1-4H3;5-8H2,1-4H3;1H4. The first-order valence-corrected chi connectivity index (χ1v) is 9.40. The Morgan fingerprint density at radius 2 is 1.08 bits per heavy atom. The summed E-state index contributed by atoms with van der Waals surface area (Å²) in [6, 6.07) is 0.753. The summed E-state index contributed by atoms with van der Waals surface area (Å²) in [5.41, 5.74) is 0.722. The first kappa shape index (κ1) is 23.8. The molecule has 2 rings (SSSR count). The van der Waals surface area contributed by atoms with Gasteiger partial charge in [-0.15, -0.1) is 0 Å². The molecule has 0 bridgehead atoms. The lowest BCUT2D eigenvalue weighted by Crippen LogP contribution is -2.52. The van der Waals surface area contributed by atoms with Crippen LogP contribution in [0.25, 0.3) is 0 Å². The fourth-order valence-corrected chi connectivity index (χ4v) is 3.32. The van der Waals surface area contributed by atoms with Crippen molar-refractivity contribution in [1.29, 1.82) is 0 Å². The van der Waals surface area contributed by atoms with Gasteiger partial charge in [0, 0.05) is 56.4 Å². The SMILES string of the molecule is C.CN1CCN(C(C)(C)C)CC1.CNC1CCN(C(C)(C)C)CC1. The molecule has 2 saturated heterocycles. The monoisotopic (exact) mass is 342 g/mol. The van der Waals surface area contributed by atoms with Crippen LogP contribution in [0.2, 0.25) is 0 Å². The van der Waals surface area contributed by atoms with Crippen LogP contribution in [0.1, 0.15) is 61.8 Å². The number of hydrogen-bond acceptors (Lipinski definition) is 4. The minimum absolute atomic E-state index is 0. The molecule has 1 N–H and O–H groups in total. The second kappa shape index (κ2) is 10.1. The van der Waals surface area contributed by atoms with Crippen molar-refractivity contribution in [3.05, 3.63) is 0 Å². The molecule has 4 nitrogen and oxygen atoms in total. The van der Waals surface area contributed by atoms with E-state index in [1.165, 1.54) is 52.1 Å². The molecule has 0 radical (unpaired) electrons. The van der Waals surface area contributed by atoms with Gasteiger partial charge < -0.3 is 10.2 Å². The maximum atomic E-state index is 3.35. The number of hydrogen-bond donors (Lipinski definition) is 1. The van der Waals surface area contributed by atoms with E-state index in [1.54, 1.807) is 0 Å². The van der Waals surface area contributed by atoms with Gasteiger partial charge >= 0.3 is 0 Å². The number of piperidine rings is 1. The van der Waals surface area contributed by atoms with Crippen LogP contribution < -0.4 is 5.32 Å². The van der Waals surface area contributed by atoms with Crippen LogP contribution in [0.3, 0.4) is 0 Å². The number of likely N-dealkylation sites (N-methyl/N-ethyl adjacent to an activating group) is 1. The number of likely N-dealkylation sites (tertiary alicyclic amines) is 1. The van der Waals surface area contributed by atoms with Crippen molar-refractivity contribution in [3.63, 3.8) is 0 Å². The Kier molecular flexibility index (Phi) is 10.0. The quantitative estimate of drug-likeness (QED) is 0.790. The summed E-state index contributed by atoms with van der Waals surface area (Å²) in [4.78, 5) is 7.51. The predicted molar refractivity (Wildman–Crippen MR) is 109 cm³/mol. The van der Waals surface area contributed by atoms with Gasteiger partial charge in [-0.05, 0) is 68.5 Å². The van der Waals surface area contributed by atoms with Gasteiger partial charge in [0.05, 0.1) is 0 Å². The number of nitrogens with zero attached hydrogens (tertiary/aromatic N) is 3. The molecule has 2 fully saturated rings. The third-order valence-corrected chi connectivity index (χ3v) is 5.30. The molecule has 0 spiro atoms. The highest BCUT2D eigenvalue weighted by Crippen LogP contribution is 2.19. The van der Waals surface area contributed by atoms with Gasteiger partial charge in [-0.2, -0.15) is 0 Å². The van der Waals surface area contributed by atoms with E-state index in [0.717, 1.165) is 6.04 Å². The van der Waals surface area contributed by atoms with Crippen LogP contribution in [-0.4, -0.2) is 85.2 Å². The van der Waals surface area contributed by atoms with Crippen LogP contribution in [0.4, 0.5) is 0 Å². The highest BCUT2D eigenvalue weighted by molar-refractivity contribution is 4.83. The first-order valence-electron chi connectivity index (χ1n) is 9.40. The molecular formula is C20H46N4. The van der Waals surface area contributed by atoms with E-state index >= 15 is 0 Å². The van der Waals surface area contributed by atoms with E-state index < -0.39 is 0 Å². The number of nitrogens with one attached hydrogen (secondary N) is 1. The predicted octanol–water partition coefficient (Wildman–Crippen LogP) is 3.14. The van der Waals surface area contributed by atoms with Crippen LogP contribution in [-0.2, 0) is 0 Å². The maximum Gasteiger partial charge on any atom is 0.0126 e. The summed E-state index contributed by atoms with van der Waals surface area (Å²) >= 11 is 0. The Bertz CT molecular complexity index is 314. The molecule has 0 aromatic rings. The van der Waals surface area contributed by atoms with Crippen LogP contribution in [0, 0.1) is 0 Å². The van der Waals surface area contributed by atoms with Crippen LogP contribution >= 0.6 is 0 Å². The number of rotatable bonds is 1. The molecule has 2 aliphatic rings. The van der Waals surface area contributed by atoms with Crippen molar-refractivity contribution in [2.24, 2.45) is 0 Å². The van der Waals surface area contributed by atoms with Crippen LogP contribution in [0.5, 0.6) is 0 Å². The zero-order valence-corrected chi connectivity index (χ0v) is 17.1. The fourth-order valence-electron chi connectivity index (χ4n) is 3.32. The Hall–Kier alpha value is -0.160. The fraction of sp³-hybridized carbons (Fsp3) is 1.00. The molecular weight excluding hydrogens is 296 g/mol. The van der Waals surface area contributed by atoms with Crippen LogP contribution in [0.15, 0.2) is 0 Å². The summed E-state index contributed by atoms with van der Waals surface area (Å²) in [6.45, 7) is 21.1. The highest BCUT2D eigenvalue weighted by atomic mass is 15.3. The molecule has 0 unspecified atom stereocenters. The Balaban J connectivity index is 0.000000425. The average Bonchev–Trinajstić information content (AvgIpc) is 2.46. The molecule has 146 valence electrons. The largest absolute Gasteiger partial charge is 0.317 e. The molecule has 0 saturated carbocycles. The Labute approximate surface area is 153 Å². The minimum Gasteiger partial charge on any atom is -0.317 e. The van der Waals surface area contributed by atoms with Gasteiger partial charge in [0.15, 0.2) is 0 Å². The Morgan fingerprint density at radius 1 is 0.708 bits per heavy atom. The zero-order valence-electron chi connectivity index (χ0n) is 17.1. The molecule has 0 atom stereocenters.